The number of hydrogen-bond donors (Lipinski definition) is 1. The number of para-hydroxylation sites is 1. The van der Waals surface area contributed by atoms with Crippen LogP contribution >= 0.6 is 27.3 Å². The van der Waals surface area contributed by atoms with E-state index in [1.165, 1.54) is 4.57 Å². The van der Waals surface area contributed by atoms with Crippen molar-refractivity contribution in [2.24, 2.45) is 0 Å². The number of halogens is 1. The second kappa shape index (κ2) is 10.5. The normalized spacial score (nSPS) is 13.1. The van der Waals surface area contributed by atoms with E-state index >= 15 is 0 Å². The van der Waals surface area contributed by atoms with Crippen molar-refractivity contribution < 1.29 is 4.79 Å². The molecule has 0 aliphatic carbocycles. The van der Waals surface area contributed by atoms with E-state index in [0.717, 1.165) is 26.9 Å². The van der Waals surface area contributed by atoms with Gasteiger partial charge in [0.05, 0.1) is 16.3 Å². The molecule has 5 nitrogen and oxygen atoms in total. The number of rotatable bonds is 5. The van der Waals surface area contributed by atoms with E-state index in [9.17, 15) is 14.9 Å². The van der Waals surface area contributed by atoms with Gasteiger partial charge in [0.15, 0.2) is 5.57 Å². The van der Waals surface area contributed by atoms with Gasteiger partial charge in [-0.25, -0.2) is 0 Å². The molecule has 1 N–H and O–H groups in total. The lowest BCUT2D eigenvalue weighted by molar-refractivity contribution is -0.116. The maximum Gasteiger partial charge on any atom is 0.273 e. The fourth-order valence-electron chi connectivity index (χ4n) is 3.50. The molecule has 1 unspecified atom stereocenters. The Labute approximate surface area is 209 Å². The molecule has 0 aliphatic rings. The highest BCUT2D eigenvalue weighted by Crippen LogP contribution is 2.13. The summed E-state index contributed by atoms with van der Waals surface area (Å²) in [5.41, 5.74) is 1.94. The van der Waals surface area contributed by atoms with Crippen LogP contribution in [0.3, 0.4) is 0 Å². The van der Waals surface area contributed by atoms with Crippen LogP contribution in [0.5, 0.6) is 0 Å². The number of amides is 1. The average Bonchev–Trinajstić information content (AvgIpc) is 3.16. The standard InChI is InChI=1S/C27H20BrN3O2S/c1-18(20-10-4-2-5-11-20)30-25(32)23(17-29)27-31(22-13-6-3-7-14-22)26(33)24(34-27)16-19-9-8-12-21(28)15-19/h2-16,18H,1H3,(H,30,32). The molecule has 0 spiro atoms. The van der Waals surface area contributed by atoms with Crippen LogP contribution < -0.4 is 20.1 Å². The van der Waals surface area contributed by atoms with Crippen molar-refractivity contribution in [2.45, 2.75) is 13.0 Å². The fraction of sp³-hybridized carbons (Fsp3) is 0.0741. The number of nitrogens with one attached hydrogen (secondary N) is 1. The van der Waals surface area contributed by atoms with E-state index in [-0.39, 0.29) is 21.8 Å². The Bertz CT molecular complexity index is 1550. The largest absolute Gasteiger partial charge is 0.345 e. The molecule has 1 amide bonds. The second-order valence-corrected chi connectivity index (χ2v) is 9.49. The van der Waals surface area contributed by atoms with Crippen LogP contribution in [0.1, 0.15) is 24.1 Å². The third kappa shape index (κ3) is 5.09. The molecular weight excluding hydrogens is 510 g/mol. The molecular formula is C27H20BrN3O2S. The third-order valence-corrected chi connectivity index (χ3v) is 6.77. The van der Waals surface area contributed by atoms with Crippen molar-refractivity contribution in [1.29, 1.82) is 5.26 Å². The molecule has 0 saturated heterocycles. The predicted molar refractivity (Wildman–Crippen MR) is 139 cm³/mol. The number of benzene rings is 3. The van der Waals surface area contributed by atoms with Gasteiger partial charge in [-0.05, 0) is 48.4 Å². The van der Waals surface area contributed by atoms with Crippen LogP contribution in [0.2, 0.25) is 0 Å². The topological polar surface area (TPSA) is 74.9 Å². The molecule has 0 aliphatic heterocycles. The van der Waals surface area contributed by atoms with Crippen molar-refractivity contribution in [2.75, 3.05) is 0 Å². The van der Waals surface area contributed by atoms with Crippen molar-refractivity contribution in [3.05, 3.63) is 120 Å². The Morgan fingerprint density at radius 1 is 1.06 bits per heavy atom. The van der Waals surface area contributed by atoms with Gasteiger partial charge in [-0.15, -0.1) is 11.3 Å². The first-order chi connectivity index (χ1) is 16.5. The van der Waals surface area contributed by atoms with Crippen LogP contribution in [0, 0.1) is 11.3 Å². The first-order valence-electron chi connectivity index (χ1n) is 10.5. The molecule has 7 heteroatoms. The summed E-state index contributed by atoms with van der Waals surface area (Å²) < 4.78 is 3.03. The summed E-state index contributed by atoms with van der Waals surface area (Å²) in [6.07, 6.45) is 1.76. The van der Waals surface area contributed by atoms with Gasteiger partial charge >= 0.3 is 0 Å². The summed E-state index contributed by atoms with van der Waals surface area (Å²) in [6.45, 7) is 1.85. The highest BCUT2D eigenvalue weighted by Gasteiger charge is 2.19. The molecule has 3 aromatic carbocycles. The van der Waals surface area contributed by atoms with Crippen molar-refractivity contribution in [3.63, 3.8) is 0 Å². The van der Waals surface area contributed by atoms with E-state index in [0.29, 0.717) is 10.2 Å². The lowest BCUT2D eigenvalue weighted by Crippen LogP contribution is -2.34. The van der Waals surface area contributed by atoms with Gasteiger partial charge in [-0.1, -0.05) is 76.6 Å². The highest BCUT2D eigenvalue weighted by atomic mass is 79.9. The monoisotopic (exact) mass is 529 g/mol. The van der Waals surface area contributed by atoms with E-state index in [1.54, 1.807) is 18.2 Å². The van der Waals surface area contributed by atoms with Crippen molar-refractivity contribution >= 4 is 44.8 Å². The minimum atomic E-state index is -0.529. The second-order valence-electron chi connectivity index (χ2n) is 7.54. The number of nitriles is 1. The van der Waals surface area contributed by atoms with Crippen LogP contribution in [-0.2, 0) is 4.79 Å². The van der Waals surface area contributed by atoms with Gasteiger partial charge in [0.1, 0.15) is 10.7 Å². The molecule has 4 rings (SSSR count). The van der Waals surface area contributed by atoms with Crippen LogP contribution in [-0.4, -0.2) is 10.5 Å². The van der Waals surface area contributed by atoms with Gasteiger partial charge in [0.25, 0.3) is 11.5 Å². The Hall–Kier alpha value is -3.73. The van der Waals surface area contributed by atoms with E-state index in [4.69, 9.17) is 0 Å². The van der Waals surface area contributed by atoms with Crippen molar-refractivity contribution in [3.8, 4) is 11.8 Å². The zero-order valence-electron chi connectivity index (χ0n) is 18.2. The van der Waals surface area contributed by atoms with Crippen molar-refractivity contribution in [1.82, 2.24) is 9.88 Å². The molecule has 34 heavy (non-hydrogen) atoms. The predicted octanol–water partition coefficient (Wildman–Crippen LogP) is 4.04. The average molecular weight is 530 g/mol. The van der Waals surface area contributed by atoms with Gasteiger partial charge in [0, 0.05) is 4.47 Å². The summed E-state index contributed by atoms with van der Waals surface area (Å²) in [4.78, 5) is 26.6. The number of carbonyl (C=O) groups excluding carboxylic acids is 1. The lowest BCUT2D eigenvalue weighted by atomic mass is 10.1. The molecule has 1 atom stereocenters. The smallest absolute Gasteiger partial charge is 0.273 e. The van der Waals surface area contributed by atoms with Crippen LogP contribution in [0.4, 0.5) is 0 Å². The fourth-order valence-corrected chi connectivity index (χ4v) is 5.02. The molecule has 168 valence electrons. The van der Waals surface area contributed by atoms with Crippen LogP contribution in [0.15, 0.2) is 94.2 Å². The molecule has 0 fully saturated rings. The third-order valence-electron chi connectivity index (χ3n) is 5.18. The summed E-state index contributed by atoms with van der Waals surface area (Å²) in [7, 11) is 0. The zero-order chi connectivity index (χ0) is 24.1. The van der Waals surface area contributed by atoms with Gasteiger partial charge < -0.3 is 5.32 Å². The Morgan fingerprint density at radius 3 is 2.38 bits per heavy atom. The number of nitrogens with zero attached hydrogens (tertiary/aromatic N) is 2. The Kier molecular flexibility index (Phi) is 7.21. The number of aromatic nitrogens is 1. The first kappa shape index (κ1) is 23.4. The quantitative estimate of drug-likeness (QED) is 0.423. The lowest BCUT2D eigenvalue weighted by Gasteiger charge is -2.13. The summed E-state index contributed by atoms with van der Waals surface area (Å²) in [5, 5.41) is 12.8. The minimum Gasteiger partial charge on any atom is -0.345 e. The van der Waals surface area contributed by atoms with E-state index < -0.39 is 5.91 Å². The molecule has 0 bridgehead atoms. The number of carbonyl (C=O) groups is 1. The Balaban J connectivity index is 1.90. The summed E-state index contributed by atoms with van der Waals surface area (Å²) in [5.74, 6) is -0.529. The highest BCUT2D eigenvalue weighted by molar-refractivity contribution is 9.10. The zero-order valence-corrected chi connectivity index (χ0v) is 20.6. The molecule has 4 aromatic rings. The number of hydrogen-bond acceptors (Lipinski definition) is 4. The molecule has 1 aromatic heterocycles. The SMILES string of the molecule is CC(NC(=O)C(C#N)=c1sc(=Cc2cccc(Br)c2)c(=O)n1-c1ccccc1)c1ccccc1. The van der Waals surface area contributed by atoms with E-state index in [2.05, 4.69) is 21.2 Å². The minimum absolute atomic E-state index is 0.109. The molecule has 0 saturated carbocycles. The van der Waals surface area contributed by atoms with Gasteiger partial charge in [-0.3, -0.25) is 14.2 Å². The van der Waals surface area contributed by atoms with Gasteiger partial charge in [-0.2, -0.15) is 5.26 Å². The van der Waals surface area contributed by atoms with E-state index in [1.807, 2.05) is 85.8 Å². The molecule has 1 heterocycles. The Morgan fingerprint density at radius 2 is 1.74 bits per heavy atom. The number of thiazole rings is 1. The maximum absolute atomic E-state index is 13.4. The molecule has 0 radical (unpaired) electrons. The maximum atomic E-state index is 13.4. The van der Waals surface area contributed by atoms with Crippen LogP contribution in [0.25, 0.3) is 17.3 Å². The summed E-state index contributed by atoms with van der Waals surface area (Å²) >= 11 is 4.57. The first-order valence-corrected chi connectivity index (χ1v) is 12.1. The van der Waals surface area contributed by atoms with Gasteiger partial charge in [0.2, 0.25) is 0 Å². The summed E-state index contributed by atoms with van der Waals surface area (Å²) in [6, 6.07) is 27.8.